The van der Waals surface area contributed by atoms with E-state index in [1.165, 1.54) is 13.1 Å². The highest BCUT2D eigenvalue weighted by Crippen LogP contribution is 2.31. The van der Waals surface area contributed by atoms with Gasteiger partial charge in [-0.25, -0.2) is 4.98 Å². The van der Waals surface area contributed by atoms with Crippen LogP contribution in [0, 0.1) is 12.8 Å². The van der Waals surface area contributed by atoms with E-state index in [-0.39, 0.29) is 17.8 Å². The van der Waals surface area contributed by atoms with E-state index in [1.807, 2.05) is 37.3 Å². The Morgan fingerprint density at radius 3 is 2.63 bits per heavy atom. The average molecular weight is 361 g/mol. The third kappa shape index (κ3) is 3.79. The molecule has 0 aliphatic heterocycles. The van der Waals surface area contributed by atoms with Crippen molar-refractivity contribution in [3.8, 4) is 16.9 Å². The molecule has 0 radical (unpaired) electrons. The highest BCUT2D eigenvalue weighted by molar-refractivity contribution is 5.96. The van der Waals surface area contributed by atoms with Crippen LogP contribution in [0.3, 0.4) is 0 Å². The van der Waals surface area contributed by atoms with Crippen LogP contribution < -0.4 is 10.1 Å². The largest absolute Gasteiger partial charge is 0.425 e. The molecule has 0 bridgehead atoms. The van der Waals surface area contributed by atoms with Gasteiger partial charge in [-0.3, -0.25) is 14.6 Å². The maximum atomic E-state index is 11.9. The quantitative estimate of drug-likeness (QED) is 0.713. The zero-order valence-corrected chi connectivity index (χ0v) is 15.2. The second-order valence-electron chi connectivity index (χ2n) is 6.79. The van der Waals surface area contributed by atoms with Crippen molar-refractivity contribution in [2.45, 2.75) is 26.7 Å². The van der Waals surface area contributed by atoms with Crippen LogP contribution in [-0.4, -0.2) is 21.8 Å². The molecule has 27 heavy (non-hydrogen) atoms. The van der Waals surface area contributed by atoms with Gasteiger partial charge in [-0.2, -0.15) is 0 Å². The molecule has 4 rings (SSSR count). The Balaban J connectivity index is 1.65. The number of esters is 1. The molecule has 3 aromatic rings. The second-order valence-corrected chi connectivity index (χ2v) is 6.79. The number of benzene rings is 1. The number of hydrogen-bond acceptors (Lipinski definition) is 5. The summed E-state index contributed by atoms with van der Waals surface area (Å²) in [5, 5.41) is 4.81. The summed E-state index contributed by atoms with van der Waals surface area (Å²) in [6.45, 7) is 3.27. The van der Waals surface area contributed by atoms with Crippen LogP contribution in [-0.2, 0) is 9.59 Å². The normalized spacial score (nSPS) is 13.4. The number of pyridine rings is 2. The van der Waals surface area contributed by atoms with Gasteiger partial charge in [-0.15, -0.1) is 0 Å². The van der Waals surface area contributed by atoms with Gasteiger partial charge in [0.25, 0.3) is 0 Å². The highest BCUT2D eigenvalue weighted by Gasteiger charge is 2.29. The molecular weight excluding hydrogens is 342 g/mol. The van der Waals surface area contributed by atoms with E-state index >= 15 is 0 Å². The molecule has 1 fully saturated rings. The number of nitrogens with zero attached hydrogens (tertiary/aromatic N) is 2. The SMILES string of the molecule is CC(=O)Oc1cnc(C)c(-c2ccc3cc(NC(=O)C4CC4)ncc3c2)c1. The minimum atomic E-state index is -0.380. The summed E-state index contributed by atoms with van der Waals surface area (Å²) in [6.07, 6.45) is 5.21. The predicted octanol–water partition coefficient (Wildman–Crippen LogP) is 3.88. The maximum absolute atomic E-state index is 11.9. The number of hydrogen-bond donors (Lipinski definition) is 1. The Hall–Kier alpha value is -3.28. The Labute approximate surface area is 156 Å². The molecule has 0 unspecified atom stereocenters. The Morgan fingerprint density at radius 1 is 1.07 bits per heavy atom. The molecule has 6 heteroatoms. The van der Waals surface area contributed by atoms with Gasteiger partial charge in [-0.05, 0) is 48.9 Å². The Morgan fingerprint density at radius 2 is 1.89 bits per heavy atom. The van der Waals surface area contributed by atoms with Crippen LogP contribution in [0.2, 0.25) is 0 Å². The maximum Gasteiger partial charge on any atom is 0.308 e. The predicted molar refractivity (Wildman–Crippen MR) is 102 cm³/mol. The van der Waals surface area contributed by atoms with Gasteiger partial charge in [0.2, 0.25) is 5.91 Å². The number of aryl methyl sites for hydroxylation is 1. The molecule has 0 saturated heterocycles. The number of amides is 1. The molecule has 0 atom stereocenters. The molecule has 1 aliphatic rings. The van der Waals surface area contributed by atoms with E-state index in [0.29, 0.717) is 11.6 Å². The number of fused-ring (bicyclic) bond motifs is 1. The number of carbonyl (C=O) groups excluding carboxylic acids is 2. The molecule has 6 nitrogen and oxygen atoms in total. The van der Waals surface area contributed by atoms with Crippen LogP contribution in [0.4, 0.5) is 5.82 Å². The summed E-state index contributed by atoms with van der Waals surface area (Å²) in [7, 11) is 0. The zero-order chi connectivity index (χ0) is 19.0. The van der Waals surface area contributed by atoms with E-state index in [0.717, 1.165) is 40.4 Å². The summed E-state index contributed by atoms with van der Waals surface area (Å²) < 4.78 is 5.14. The summed E-state index contributed by atoms with van der Waals surface area (Å²) >= 11 is 0. The van der Waals surface area contributed by atoms with E-state index in [1.54, 1.807) is 6.20 Å². The van der Waals surface area contributed by atoms with Crippen LogP contribution in [0.25, 0.3) is 21.9 Å². The van der Waals surface area contributed by atoms with Crippen LogP contribution in [0.1, 0.15) is 25.5 Å². The minimum Gasteiger partial charge on any atom is -0.425 e. The van der Waals surface area contributed by atoms with Crippen molar-refractivity contribution in [1.82, 2.24) is 9.97 Å². The summed E-state index contributed by atoms with van der Waals surface area (Å²) in [5.74, 6) is 0.795. The summed E-state index contributed by atoms with van der Waals surface area (Å²) in [5.41, 5.74) is 2.69. The van der Waals surface area contributed by atoms with Gasteiger partial charge >= 0.3 is 5.97 Å². The van der Waals surface area contributed by atoms with E-state index in [9.17, 15) is 9.59 Å². The van der Waals surface area contributed by atoms with Gasteiger partial charge < -0.3 is 10.1 Å². The lowest BCUT2D eigenvalue weighted by Gasteiger charge is -2.10. The van der Waals surface area contributed by atoms with Crippen molar-refractivity contribution < 1.29 is 14.3 Å². The standard InChI is InChI=1S/C21H19N3O3/c1-12-19(9-18(11-22-12)27-13(2)25)16-6-5-15-8-20(23-10-17(15)7-16)24-21(26)14-3-4-14/h5-11,14H,3-4H2,1-2H3,(H,23,24,26). The molecule has 0 spiro atoms. The fourth-order valence-corrected chi connectivity index (χ4v) is 2.98. The smallest absolute Gasteiger partial charge is 0.308 e. The third-order valence-electron chi connectivity index (χ3n) is 4.56. The van der Waals surface area contributed by atoms with Crippen LogP contribution >= 0.6 is 0 Å². The van der Waals surface area contributed by atoms with Crippen molar-refractivity contribution >= 4 is 28.5 Å². The number of anilines is 1. The molecule has 1 amide bonds. The Kier molecular flexibility index (Phi) is 4.32. The molecular formula is C21H19N3O3. The van der Waals surface area contributed by atoms with E-state index in [4.69, 9.17) is 4.74 Å². The van der Waals surface area contributed by atoms with Gasteiger partial charge in [0.15, 0.2) is 0 Å². The van der Waals surface area contributed by atoms with Gasteiger partial charge in [0, 0.05) is 35.7 Å². The molecule has 1 aromatic carbocycles. The lowest BCUT2D eigenvalue weighted by atomic mass is 10.0. The van der Waals surface area contributed by atoms with Crippen molar-refractivity contribution in [3.63, 3.8) is 0 Å². The molecule has 1 aliphatic carbocycles. The van der Waals surface area contributed by atoms with Crippen LogP contribution in [0.5, 0.6) is 5.75 Å². The summed E-state index contributed by atoms with van der Waals surface area (Å²) in [6, 6.07) is 9.66. The van der Waals surface area contributed by atoms with Gasteiger partial charge in [0.1, 0.15) is 11.6 Å². The third-order valence-corrected chi connectivity index (χ3v) is 4.56. The topological polar surface area (TPSA) is 81.2 Å². The number of aromatic nitrogens is 2. The first-order valence-corrected chi connectivity index (χ1v) is 8.86. The van der Waals surface area contributed by atoms with Crippen LogP contribution in [0.15, 0.2) is 42.7 Å². The second kappa shape index (κ2) is 6.79. The van der Waals surface area contributed by atoms with Gasteiger partial charge in [0.05, 0.1) is 6.20 Å². The average Bonchev–Trinajstić information content (AvgIpc) is 3.48. The fourth-order valence-electron chi connectivity index (χ4n) is 2.98. The van der Waals surface area contributed by atoms with Gasteiger partial charge in [-0.1, -0.05) is 12.1 Å². The first-order valence-electron chi connectivity index (χ1n) is 8.86. The highest BCUT2D eigenvalue weighted by atomic mass is 16.5. The number of ether oxygens (including phenoxy) is 1. The first kappa shape index (κ1) is 17.1. The first-order chi connectivity index (χ1) is 13.0. The Bertz CT molecular complexity index is 1060. The van der Waals surface area contributed by atoms with Crippen molar-refractivity contribution in [2.75, 3.05) is 5.32 Å². The molecule has 1 saturated carbocycles. The fraction of sp³-hybridized carbons (Fsp3) is 0.238. The summed E-state index contributed by atoms with van der Waals surface area (Å²) in [4.78, 5) is 31.8. The number of nitrogens with one attached hydrogen (secondary N) is 1. The lowest BCUT2D eigenvalue weighted by molar-refractivity contribution is -0.131. The van der Waals surface area contributed by atoms with E-state index in [2.05, 4.69) is 15.3 Å². The molecule has 2 aromatic heterocycles. The molecule has 2 heterocycles. The van der Waals surface area contributed by atoms with Crippen molar-refractivity contribution in [2.24, 2.45) is 5.92 Å². The molecule has 1 N–H and O–H groups in total. The van der Waals surface area contributed by atoms with Crippen molar-refractivity contribution in [1.29, 1.82) is 0 Å². The van der Waals surface area contributed by atoms with E-state index < -0.39 is 0 Å². The molecule has 136 valence electrons. The zero-order valence-electron chi connectivity index (χ0n) is 15.2. The number of carbonyl (C=O) groups is 2. The van der Waals surface area contributed by atoms with Crippen molar-refractivity contribution in [3.05, 3.63) is 48.4 Å². The monoisotopic (exact) mass is 361 g/mol. The minimum absolute atomic E-state index is 0.0439. The lowest BCUT2D eigenvalue weighted by Crippen LogP contribution is -2.14. The number of rotatable bonds is 4.